The molecule has 2 N–H and O–H groups in total. The van der Waals surface area contributed by atoms with Gasteiger partial charge in [0, 0.05) is 20.1 Å². The summed E-state index contributed by atoms with van der Waals surface area (Å²) in [6, 6.07) is 5.59. The lowest BCUT2D eigenvalue weighted by atomic mass is 10.2. The van der Waals surface area contributed by atoms with Gasteiger partial charge in [0.05, 0.1) is 12.3 Å². The Kier molecular flexibility index (Phi) is 6.92. The highest BCUT2D eigenvalue weighted by Gasteiger charge is 2.08. The van der Waals surface area contributed by atoms with E-state index < -0.39 is 0 Å². The SMILES string of the molecule is COCCOc1cc(C)ccc1NC(=O)CCCO. The van der Waals surface area contributed by atoms with Gasteiger partial charge in [0.1, 0.15) is 12.4 Å². The first-order valence-corrected chi connectivity index (χ1v) is 6.30. The summed E-state index contributed by atoms with van der Waals surface area (Å²) in [4.78, 5) is 11.6. The van der Waals surface area contributed by atoms with E-state index in [1.165, 1.54) is 0 Å². The fourth-order valence-electron chi connectivity index (χ4n) is 1.54. The Morgan fingerprint density at radius 1 is 1.37 bits per heavy atom. The minimum atomic E-state index is -0.130. The number of hydrogen-bond donors (Lipinski definition) is 2. The van der Waals surface area contributed by atoms with Gasteiger partial charge in [-0.15, -0.1) is 0 Å². The van der Waals surface area contributed by atoms with Crippen LogP contribution in [0.25, 0.3) is 0 Å². The average Bonchev–Trinajstić information content (AvgIpc) is 2.39. The second kappa shape index (κ2) is 8.50. The number of carbonyl (C=O) groups excluding carboxylic acids is 1. The van der Waals surface area contributed by atoms with Crippen LogP contribution in [0.5, 0.6) is 5.75 Å². The van der Waals surface area contributed by atoms with Crippen LogP contribution in [0.3, 0.4) is 0 Å². The number of carbonyl (C=O) groups is 1. The Bertz CT molecular complexity index is 406. The first kappa shape index (κ1) is 15.5. The van der Waals surface area contributed by atoms with Crippen LogP contribution in [0, 0.1) is 6.92 Å². The molecule has 1 amide bonds. The van der Waals surface area contributed by atoms with Gasteiger partial charge in [0.15, 0.2) is 0 Å². The predicted octanol–water partition coefficient (Wildman–Crippen LogP) is 1.73. The van der Waals surface area contributed by atoms with Crippen LogP contribution in [0.2, 0.25) is 0 Å². The molecule has 0 fully saturated rings. The van der Waals surface area contributed by atoms with Crippen molar-refractivity contribution in [1.29, 1.82) is 0 Å². The third-order valence-electron chi connectivity index (χ3n) is 2.52. The van der Waals surface area contributed by atoms with Gasteiger partial charge in [-0.2, -0.15) is 0 Å². The van der Waals surface area contributed by atoms with Crippen LogP contribution < -0.4 is 10.1 Å². The fraction of sp³-hybridized carbons (Fsp3) is 0.500. The summed E-state index contributed by atoms with van der Waals surface area (Å²) in [5, 5.41) is 11.5. The molecule has 5 nitrogen and oxygen atoms in total. The molecule has 1 aromatic carbocycles. The average molecular weight is 267 g/mol. The van der Waals surface area contributed by atoms with E-state index in [1.54, 1.807) is 7.11 Å². The largest absolute Gasteiger partial charge is 0.489 e. The third kappa shape index (κ3) is 5.72. The highest BCUT2D eigenvalue weighted by Crippen LogP contribution is 2.26. The zero-order valence-electron chi connectivity index (χ0n) is 11.4. The molecular formula is C14H21NO4. The molecule has 0 atom stereocenters. The fourth-order valence-corrected chi connectivity index (χ4v) is 1.54. The van der Waals surface area contributed by atoms with Crippen LogP contribution in [-0.4, -0.2) is 37.9 Å². The Hall–Kier alpha value is -1.59. The van der Waals surface area contributed by atoms with Crippen molar-refractivity contribution in [2.24, 2.45) is 0 Å². The Morgan fingerprint density at radius 3 is 2.84 bits per heavy atom. The monoisotopic (exact) mass is 267 g/mol. The van der Waals surface area contributed by atoms with Crippen molar-refractivity contribution in [2.45, 2.75) is 19.8 Å². The summed E-state index contributed by atoms with van der Waals surface area (Å²) in [5.41, 5.74) is 1.70. The van der Waals surface area contributed by atoms with Crippen molar-refractivity contribution in [3.63, 3.8) is 0 Å². The van der Waals surface area contributed by atoms with Crippen LogP contribution in [-0.2, 0) is 9.53 Å². The van der Waals surface area contributed by atoms with Gasteiger partial charge >= 0.3 is 0 Å². The first-order valence-electron chi connectivity index (χ1n) is 6.30. The van der Waals surface area contributed by atoms with Crippen molar-refractivity contribution in [2.75, 3.05) is 32.2 Å². The van der Waals surface area contributed by atoms with Gasteiger partial charge in [0.2, 0.25) is 5.91 Å². The van der Waals surface area contributed by atoms with Gasteiger partial charge in [-0.05, 0) is 31.0 Å². The topological polar surface area (TPSA) is 67.8 Å². The van der Waals surface area contributed by atoms with E-state index in [-0.39, 0.29) is 12.5 Å². The Morgan fingerprint density at radius 2 is 2.16 bits per heavy atom. The van der Waals surface area contributed by atoms with Crippen molar-refractivity contribution in [3.8, 4) is 5.75 Å². The smallest absolute Gasteiger partial charge is 0.224 e. The van der Waals surface area contributed by atoms with Gasteiger partial charge in [-0.1, -0.05) is 6.07 Å². The molecule has 0 heterocycles. The molecule has 0 radical (unpaired) electrons. The number of anilines is 1. The second-order valence-electron chi connectivity index (χ2n) is 4.22. The van der Waals surface area contributed by atoms with Gasteiger partial charge < -0.3 is 19.9 Å². The normalized spacial score (nSPS) is 10.3. The highest BCUT2D eigenvalue weighted by molar-refractivity contribution is 5.92. The third-order valence-corrected chi connectivity index (χ3v) is 2.52. The van der Waals surface area contributed by atoms with E-state index in [9.17, 15) is 4.79 Å². The molecular weight excluding hydrogens is 246 g/mol. The molecule has 1 rings (SSSR count). The van der Waals surface area contributed by atoms with Crippen LogP contribution in [0.15, 0.2) is 18.2 Å². The molecule has 19 heavy (non-hydrogen) atoms. The van der Waals surface area contributed by atoms with E-state index in [2.05, 4.69) is 5.32 Å². The molecule has 0 spiro atoms. The molecule has 0 aliphatic heterocycles. The summed E-state index contributed by atoms with van der Waals surface area (Å²) in [5.74, 6) is 0.504. The van der Waals surface area contributed by atoms with Crippen LogP contribution in [0.4, 0.5) is 5.69 Å². The van der Waals surface area contributed by atoms with Gasteiger partial charge in [0.25, 0.3) is 0 Å². The Balaban J connectivity index is 2.67. The van der Waals surface area contributed by atoms with Crippen molar-refractivity contribution in [1.82, 2.24) is 0 Å². The zero-order chi connectivity index (χ0) is 14.1. The number of benzene rings is 1. The molecule has 0 aromatic heterocycles. The molecule has 0 saturated heterocycles. The molecule has 106 valence electrons. The number of aliphatic hydroxyl groups excluding tert-OH is 1. The molecule has 0 aliphatic carbocycles. The summed E-state index contributed by atoms with van der Waals surface area (Å²) >= 11 is 0. The summed E-state index contributed by atoms with van der Waals surface area (Å²) in [6.45, 7) is 2.89. The van der Waals surface area contributed by atoms with E-state index in [4.69, 9.17) is 14.6 Å². The van der Waals surface area contributed by atoms with Crippen molar-refractivity contribution in [3.05, 3.63) is 23.8 Å². The summed E-state index contributed by atoms with van der Waals surface area (Å²) in [7, 11) is 1.61. The summed E-state index contributed by atoms with van der Waals surface area (Å²) in [6.07, 6.45) is 0.749. The molecule has 5 heteroatoms. The number of hydrogen-bond acceptors (Lipinski definition) is 4. The minimum Gasteiger partial charge on any atom is -0.489 e. The van der Waals surface area contributed by atoms with Gasteiger partial charge in [-0.25, -0.2) is 0 Å². The standard InChI is InChI=1S/C14H21NO4/c1-11-5-6-12(15-14(17)4-3-7-16)13(10-11)19-9-8-18-2/h5-6,10,16H,3-4,7-9H2,1-2H3,(H,15,17). The number of aliphatic hydroxyl groups is 1. The van der Waals surface area contributed by atoms with Gasteiger partial charge in [-0.3, -0.25) is 4.79 Å². The Labute approximate surface area is 113 Å². The van der Waals surface area contributed by atoms with E-state index >= 15 is 0 Å². The number of methoxy groups -OCH3 is 1. The maximum Gasteiger partial charge on any atom is 0.224 e. The van der Waals surface area contributed by atoms with Crippen LogP contribution >= 0.6 is 0 Å². The maximum absolute atomic E-state index is 11.6. The summed E-state index contributed by atoms with van der Waals surface area (Å²) < 4.78 is 10.5. The highest BCUT2D eigenvalue weighted by atomic mass is 16.5. The molecule has 0 bridgehead atoms. The lowest BCUT2D eigenvalue weighted by molar-refractivity contribution is -0.116. The molecule has 0 saturated carbocycles. The lowest BCUT2D eigenvalue weighted by Crippen LogP contribution is -2.14. The number of rotatable bonds is 8. The minimum absolute atomic E-state index is 0.0124. The molecule has 0 unspecified atom stereocenters. The van der Waals surface area contributed by atoms with Crippen molar-refractivity contribution >= 4 is 11.6 Å². The second-order valence-corrected chi connectivity index (χ2v) is 4.22. The lowest BCUT2D eigenvalue weighted by Gasteiger charge is -2.13. The number of nitrogens with one attached hydrogen (secondary N) is 1. The van der Waals surface area contributed by atoms with E-state index in [1.807, 2.05) is 25.1 Å². The first-order chi connectivity index (χ1) is 9.17. The van der Waals surface area contributed by atoms with Crippen molar-refractivity contribution < 1.29 is 19.4 Å². The quantitative estimate of drug-likeness (QED) is 0.704. The zero-order valence-corrected chi connectivity index (χ0v) is 11.4. The van der Waals surface area contributed by atoms with Crippen LogP contribution in [0.1, 0.15) is 18.4 Å². The number of ether oxygens (including phenoxy) is 2. The predicted molar refractivity (Wildman–Crippen MR) is 73.5 cm³/mol. The molecule has 0 aliphatic rings. The van der Waals surface area contributed by atoms with E-state index in [0.29, 0.717) is 37.5 Å². The van der Waals surface area contributed by atoms with E-state index in [0.717, 1.165) is 5.56 Å². The number of aryl methyl sites for hydroxylation is 1. The molecule has 1 aromatic rings. The maximum atomic E-state index is 11.6. The number of amides is 1.